The number of aliphatic hydroxyl groups is 2. The van der Waals surface area contributed by atoms with Crippen LogP contribution < -0.4 is 20.8 Å². The zero-order valence-electron chi connectivity index (χ0n) is 29.7. The largest absolute Gasteiger partial charge is 0.387 e. The van der Waals surface area contributed by atoms with Crippen LogP contribution in [0, 0.1) is 0 Å². The van der Waals surface area contributed by atoms with Crippen LogP contribution in [0.15, 0.2) is 23.8 Å². The molecule has 0 radical (unpaired) electrons. The summed E-state index contributed by atoms with van der Waals surface area (Å²) in [6.07, 6.45) is -5.55. The van der Waals surface area contributed by atoms with E-state index in [1.165, 1.54) is 46.9 Å². The van der Waals surface area contributed by atoms with Crippen LogP contribution in [0.1, 0.15) is 12.5 Å². The average Bonchev–Trinajstić information content (AvgIpc) is 3.84. The van der Waals surface area contributed by atoms with E-state index in [1.54, 1.807) is 26.0 Å². The molecular weight excluding hydrogens is 817 g/mol. The van der Waals surface area contributed by atoms with Gasteiger partial charge in [0.2, 0.25) is 11.7 Å². The predicted octanol–water partition coefficient (Wildman–Crippen LogP) is -1.82. The van der Waals surface area contributed by atoms with Crippen molar-refractivity contribution in [3.63, 3.8) is 0 Å². The van der Waals surface area contributed by atoms with Gasteiger partial charge in [-0.3, -0.25) is 28.0 Å². The molecule has 6 rings (SSSR count). The number of aromatic nitrogens is 8. The van der Waals surface area contributed by atoms with E-state index in [-0.39, 0.29) is 22.9 Å². The number of aromatic amines is 1. The number of hydrogen-bond acceptors (Lipinski definition) is 19. The fourth-order valence-corrected chi connectivity index (χ4v) is 12.3. The first kappa shape index (κ1) is 41.8. The lowest BCUT2D eigenvalue weighted by molar-refractivity contribution is -0.745. The van der Waals surface area contributed by atoms with Gasteiger partial charge in [0.15, 0.2) is 29.9 Å². The van der Waals surface area contributed by atoms with Crippen LogP contribution in [-0.2, 0) is 60.3 Å². The van der Waals surface area contributed by atoms with Crippen molar-refractivity contribution in [2.75, 3.05) is 58.1 Å². The summed E-state index contributed by atoms with van der Waals surface area (Å²) < 4.78 is 68.3. The Morgan fingerprint density at radius 3 is 2.38 bits per heavy atom. The van der Waals surface area contributed by atoms with Gasteiger partial charge in [0.05, 0.1) is 26.6 Å². The van der Waals surface area contributed by atoms with Crippen molar-refractivity contribution in [1.82, 2.24) is 34.1 Å². The van der Waals surface area contributed by atoms with Gasteiger partial charge < -0.3 is 63.5 Å². The Labute approximate surface area is 315 Å². The molecule has 11 atom stereocenters. The Kier molecular flexibility index (Phi) is 12.0. The first-order chi connectivity index (χ1) is 25.8. The summed E-state index contributed by atoms with van der Waals surface area (Å²) in [4.78, 5) is 65.3. The van der Waals surface area contributed by atoms with Crippen LogP contribution in [0.5, 0.6) is 0 Å². The molecule has 25 nitrogen and oxygen atoms in total. The smallest absolute Gasteiger partial charge is 0.347 e. The molecule has 0 bridgehead atoms. The summed E-state index contributed by atoms with van der Waals surface area (Å²) >= 11 is 4.93. The molecule has 6 heterocycles. The van der Waals surface area contributed by atoms with E-state index in [2.05, 4.69) is 24.9 Å². The summed E-state index contributed by atoms with van der Waals surface area (Å²) in [7, 11) is -2.64. The van der Waals surface area contributed by atoms with E-state index in [0.29, 0.717) is 11.2 Å². The van der Waals surface area contributed by atoms with Crippen molar-refractivity contribution < 1.29 is 70.9 Å². The molecule has 5 unspecified atom stereocenters. The van der Waals surface area contributed by atoms with Gasteiger partial charge in [-0.25, -0.2) is 23.8 Å². The lowest BCUT2D eigenvalue weighted by Gasteiger charge is -2.24. The highest BCUT2D eigenvalue weighted by Gasteiger charge is 2.50. The molecule has 55 heavy (non-hydrogen) atoms. The Hall–Kier alpha value is -2.87. The molecule has 0 spiro atoms. The third kappa shape index (κ3) is 8.55. The van der Waals surface area contributed by atoms with Crippen molar-refractivity contribution in [2.45, 2.75) is 49.1 Å². The number of ether oxygens (including phenoxy) is 4. The van der Waals surface area contributed by atoms with Crippen molar-refractivity contribution in [3.05, 3.63) is 29.3 Å². The van der Waals surface area contributed by atoms with Gasteiger partial charge in [0.25, 0.3) is 11.5 Å². The molecule has 2 aliphatic rings. The molecule has 4 aromatic rings. The second kappa shape index (κ2) is 15.8. The van der Waals surface area contributed by atoms with Gasteiger partial charge in [0.1, 0.15) is 48.5 Å². The number of nitrogens with zero attached hydrogens (tertiary/aromatic N) is 8. The predicted molar refractivity (Wildman–Crippen MR) is 191 cm³/mol. The van der Waals surface area contributed by atoms with Gasteiger partial charge in [-0.2, -0.15) is 0 Å². The molecule has 8 N–H and O–H groups in total. The minimum Gasteiger partial charge on any atom is -0.387 e. The van der Waals surface area contributed by atoms with E-state index in [9.17, 15) is 38.8 Å². The second-order valence-electron chi connectivity index (χ2n) is 12.7. The summed E-state index contributed by atoms with van der Waals surface area (Å²) in [6, 6.07) is 0. The van der Waals surface area contributed by atoms with Crippen LogP contribution in [0.4, 0.5) is 11.8 Å². The summed E-state index contributed by atoms with van der Waals surface area (Å²) in [6.45, 7) is -6.01. The van der Waals surface area contributed by atoms with Crippen molar-refractivity contribution in [3.8, 4) is 0 Å². The third-order valence-electron chi connectivity index (χ3n) is 8.72. The Balaban J connectivity index is 1.07. The number of nitrogens with two attached hydrogens (primary N) is 1. The molecule has 0 aromatic carbocycles. The molecule has 0 aliphatic carbocycles. The van der Waals surface area contributed by atoms with Gasteiger partial charge in [0, 0.05) is 28.3 Å². The van der Waals surface area contributed by atoms with Crippen molar-refractivity contribution in [1.29, 1.82) is 0 Å². The van der Waals surface area contributed by atoms with E-state index in [4.69, 9.17) is 49.8 Å². The van der Waals surface area contributed by atoms with E-state index in [1.807, 2.05) is 0 Å². The number of nitrogens with one attached hydrogen (secondary N) is 1. The SMILES string of the molecule is COC1[C@@H](COP(O)(=S)OP(=O)(O)CP(=O)(O)OC[C@H]2O[C@@H]([n+]3cn(C)c4c(=O)[nH]c(N(C)C)nc43)C(O)[C@H]2O)O[C@@H](n2cnc3c(N)ncnc32)[C@H]1OC. The number of methoxy groups -OCH3 is 2. The number of aliphatic hydroxyl groups excluding tert-OH is 2. The maximum atomic E-state index is 13.0. The Morgan fingerprint density at radius 2 is 1.71 bits per heavy atom. The highest BCUT2D eigenvalue weighted by Crippen LogP contribution is 2.66. The summed E-state index contributed by atoms with van der Waals surface area (Å²) in [5.74, 6) is -1.22. The minimum absolute atomic E-state index is 0.101. The number of rotatable bonds is 15. The number of nitrogen functional groups attached to an aromatic ring is 1. The van der Waals surface area contributed by atoms with Crippen LogP contribution in [0.2, 0.25) is 0 Å². The Bertz CT molecular complexity index is 2260. The first-order valence-corrected chi connectivity index (χ1v) is 22.2. The summed E-state index contributed by atoms with van der Waals surface area (Å²) in [5.41, 5.74) is 6.27. The number of H-pyrrole nitrogens is 1. The zero-order chi connectivity index (χ0) is 40.2. The van der Waals surface area contributed by atoms with Crippen LogP contribution in [0.25, 0.3) is 22.3 Å². The fourth-order valence-electron chi connectivity index (χ4n) is 6.23. The van der Waals surface area contributed by atoms with Crippen LogP contribution in [-0.4, -0.2) is 143 Å². The standard InChI is InChI=1S/C26H39N10O15P3S/c1-33(2)26-31-22-15(23(39)32-26)34(3)10-36(22)24-17(38)16(37)12(49-24)6-47-52(40,41)11-53(42,43)51-54(44,55)48-7-13-18(45-4)19(46-5)25(50-13)35-9-30-14-20(27)28-8-29-21(14)35/h8-10,12-13,16-19,24-25,37-38H,6-7,11H2,1-5H3,(H5-,27,28,29,31,32,39,40,41,42,43,44,55)/p+1/t12-,13-,16+,17?,18?,19+,24-,25-,54?/m1/s1. The molecule has 29 heteroatoms. The number of imidazole rings is 2. The highest BCUT2D eigenvalue weighted by molar-refractivity contribution is 8.08. The topological polar surface area (TPSA) is 327 Å². The summed E-state index contributed by atoms with van der Waals surface area (Å²) in [5, 5.41) is 21.6. The molecule has 2 fully saturated rings. The number of fused-ring (bicyclic) bond motifs is 2. The van der Waals surface area contributed by atoms with Crippen molar-refractivity contribution in [2.24, 2.45) is 7.05 Å². The molecular formula is C26H40N10O15P3S+. The second-order valence-corrected chi connectivity index (χ2v) is 19.9. The number of hydrogen-bond donors (Lipinski definition) is 7. The average molecular weight is 858 g/mol. The zero-order valence-corrected chi connectivity index (χ0v) is 33.2. The quantitative estimate of drug-likeness (QED) is 0.0511. The molecule has 4 aromatic heterocycles. The van der Waals surface area contributed by atoms with E-state index < -0.39 is 95.7 Å². The molecule has 0 saturated carbocycles. The van der Waals surface area contributed by atoms with Crippen LogP contribution in [0.3, 0.4) is 0 Å². The maximum absolute atomic E-state index is 13.0. The number of anilines is 2. The maximum Gasteiger partial charge on any atom is 0.347 e. The third-order valence-corrected chi connectivity index (χ3v) is 15.4. The van der Waals surface area contributed by atoms with Gasteiger partial charge in [-0.1, -0.05) is 4.98 Å². The van der Waals surface area contributed by atoms with Gasteiger partial charge >= 0.3 is 27.6 Å². The van der Waals surface area contributed by atoms with Gasteiger partial charge in [-0.15, -0.1) is 0 Å². The van der Waals surface area contributed by atoms with E-state index >= 15 is 0 Å². The molecule has 2 aliphatic heterocycles. The van der Waals surface area contributed by atoms with Crippen molar-refractivity contribution >= 4 is 67.8 Å². The first-order valence-electron chi connectivity index (χ1n) is 16.1. The monoisotopic (exact) mass is 857 g/mol. The van der Waals surface area contributed by atoms with Gasteiger partial charge in [-0.05, 0) is 11.8 Å². The Morgan fingerprint density at radius 1 is 1.02 bits per heavy atom. The van der Waals surface area contributed by atoms with E-state index in [0.717, 1.165) is 0 Å². The lowest BCUT2D eigenvalue weighted by Crippen LogP contribution is -2.46. The molecule has 304 valence electrons. The molecule has 2 saturated heterocycles. The van der Waals surface area contributed by atoms with Crippen LogP contribution >= 0.6 is 21.9 Å². The normalized spacial score (nSPS) is 29.1. The number of aryl methyl sites for hydroxylation is 1. The minimum atomic E-state index is -5.22. The lowest BCUT2D eigenvalue weighted by atomic mass is 10.1. The molecule has 0 amide bonds. The fraction of sp³-hybridized carbons (Fsp3) is 0.615. The highest BCUT2D eigenvalue weighted by atomic mass is 32.5.